The Labute approximate surface area is 180 Å². The van der Waals surface area contributed by atoms with Gasteiger partial charge in [-0.25, -0.2) is 8.42 Å². The molecule has 1 aliphatic rings. The van der Waals surface area contributed by atoms with Gasteiger partial charge < -0.3 is 14.1 Å². The molecule has 4 rings (SSSR count). The zero-order chi connectivity index (χ0) is 22.0. The molecule has 0 saturated carbocycles. The molecule has 1 saturated heterocycles. The van der Waals surface area contributed by atoms with Crippen LogP contribution in [0.4, 0.5) is 5.69 Å². The number of amides is 1. The first kappa shape index (κ1) is 21.1. The molecule has 0 bridgehead atoms. The Bertz CT molecular complexity index is 1190. The minimum atomic E-state index is -3.88. The second-order valence-corrected chi connectivity index (χ2v) is 8.90. The second-order valence-electron chi connectivity index (χ2n) is 7.25. The third-order valence-electron chi connectivity index (χ3n) is 5.16. The van der Waals surface area contributed by atoms with Crippen molar-refractivity contribution in [2.24, 2.45) is 0 Å². The van der Waals surface area contributed by atoms with Crippen molar-refractivity contribution in [3.63, 3.8) is 0 Å². The van der Waals surface area contributed by atoms with E-state index in [1.165, 1.54) is 12.3 Å². The molecule has 1 amide bonds. The molecular weight excluding hydrogens is 420 g/mol. The maximum absolute atomic E-state index is 13.0. The van der Waals surface area contributed by atoms with Gasteiger partial charge in [-0.1, -0.05) is 19.1 Å². The average Bonchev–Trinajstić information content (AvgIpc) is 3.40. The molecule has 31 heavy (non-hydrogen) atoms. The topological polar surface area (TPSA) is 118 Å². The number of nitrogens with zero attached hydrogens (tertiary/aromatic N) is 2. The third kappa shape index (κ3) is 4.35. The van der Waals surface area contributed by atoms with Crippen LogP contribution in [-0.4, -0.2) is 55.7 Å². The van der Waals surface area contributed by atoms with Gasteiger partial charge in [0, 0.05) is 24.8 Å². The van der Waals surface area contributed by atoms with Crippen LogP contribution in [0, 0.1) is 6.92 Å². The molecule has 0 radical (unpaired) electrons. The number of furan rings is 1. The Kier molecular flexibility index (Phi) is 5.84. The second kappa shape index (κ2) is 8.56. The number of carbonyl (C=O) groups is 1. The predicted octanol–water partition coefficient (Wildman–Crippen LogP) is 2.81. The first-order valence-corrected chi connectivity index (χ1v) is 11.5. The number of nitrogens with one attached hydrogen (secondary N) is 2. The number of sulfonamides is 1. The molecule has 3 heterocycles. The lowest BCUT2D eigenvalue weighted by Gasteiger charge is -2.26. The number of ether oxygens (including phenoxy) is 1. The fraction of sp³-hybridized carbons (Fsp3) is 0.333. The SMILES string of the molecule is CCc1cccc(NS(=O)(=O)c2cc(-c3[nH]ncc3C(=O)N3CCOCC3)oc2C)c1. The largest absolute Gasteiger partial charge is 0.458 e. The number of hydrogen-bond acceptors (Lipinski definition) is 6. The predicted molar refractivity (Wildman–Crippen MR) is 114 cm³/mol. The molecule has 0 atom stereocenters. The standard InChI is InChI=1S/C21H24N4O5S/c1-3-15-5-4-6-16(11-15)24-31(27,28)19-12-18(30-14(19)2)20-17(13-22-23-20)21(26)25-7-9-29-10-8-25/h4-6,11-13,24H,3,7-10H2,1-2H3,(H,22,23). The summed E-state index contributed by atoms with van der Waals surface area (Å²) >= 11 is 0. The average molecular weight is 445 g/mol. The van der Waals surface area contributed by atoms with Gasteiger partial charge >= 0.3 is 0 Å². The number of carbonyl (C=O) groups excluding carboxylic acids is 1. The molecule has 2 N–H and O–H groups in total. The highest BCUT2D eigenvalue weighted by molar-refractivity contribution is 7.92. The smallest absolute Gasteiger partial charge is 0.265 e. The Morgan fingerprint density at radius 3 is 2.77 bits per heavy atom. The summed E-state index contributed by atoms with van der Waals surface area (Å²) in [7, 11) is -3.88. The Balaban J connectivity index is 1.62. The number of hydrogen-bond donors (Lipinski definition) is 2. The number of benzene rings is 1. The molecule has 1 aliphatic heterocycles. The van der Waals surface area contributed by atoms with Crippen molar-refractivity contribution in [3.05, 3.63) is 53.4 Å². The monoisotopic (exact) mass is 444 g/mol. The van der Waals surface area contributed by atoms with Crippen molar-refractivity contribution in [2.45, 2.75) is 25.2 Å². The summed E-state index contributed by atoms with van der Waals surface area (Å²) in [5.74, 6) is 0.239. The van der Waals surface area contributed by atoms with Gasteiger partial charge in [0.05, 0.1) is 25.0 Å². The van der Waals surface area contributed by atoms with Gasteiger partial charge in [0.15, 0.2) is 5.76 Å². The van der Waals surface area contributed by atoms with Crippen LogP contribution >= 0.6 is 0 Å². The van der Waals surface area contributed by atoms with Crippen LogP contribution in [-0.2, 0) is 21.2 Å². The van der Waals surface area contributed by atoms with E-state index in [-0.39, 0.29) is 22.3 Å². The van der Waals surface area contributed by atoms with Gasteiger partial charge in [-0.15, -0.1) is 0 Å². The lowest BCUT2D eigenvalue weighted by Crippen LogP contribution is -2.40. The lowest BCUT2D eigenvalue weighted by atomic mass is 10.1. The summed E-state index contributed by atoms with van der Waals surface area (Å²) in [4.78, 5) is 14.6. The van der Waals surface area contributed by atoms with Gasteiger partial charge in [0.1, 0.15) is 16.3 Å². The van der Waals surface area contributed by atoms with E-state index in [2.05, 4.69) is 14.9 Å². The van der Waals surface area contributed by atoms with Crippen molar-refractivity contribution in [2.75, 3.05) is 31.0 Å². The van der Waals surface area contributed by atoms with Crippen LogP contribution in [0.2, 0.25) is 0 Å². The maximum atomic E-state index is 13.0. The van der Waals surface area contributed by atoms with Crippen LogP contribution in [0.15, 0.2) is 45.8 Å². The number of morpholine rings is 1. The summed E-state index contributed by atoms with van der Waals surface area (Å²) in [5, 5.41) is 6.73. The summed E-state index contributed by atoms with van der Waals surface area (Å²) in [6.45, 7) is 5.50. The van der Waals surface area contributed by atoms with Gasteiger partial charge in [-0.05, 0) is 31.0 Å². The van der Waals surface area contributed by atoms with Crippen LogP contribution in [0.25, 0.3) is 11.5 Å². The molecule has 1 fully saturated rings. The first-order valence-electron chi connectivity index (χ1n) is 10.0. The molecule has 0 aliphatic carbocycles. The van der Waals surface area contributed by atoms with E-state index >= 15 is 0 Å². The van der Waals surface area contributed by atoms with E-state index in [0.29, 0.717) is 43.2 Å². The lowest BCUT2D eigenvalue weighted by molar-refractivity contribution is 0.0303. The summed E-state index contributed by atoms with van der Waals surface area (Å²) in [5.41, 5.74) is 2.16. The van der Waals surface area contributed by atoms with Crippen molar-refractivity contribution in [3.8, 4) is 11.5 Å². The Hall–Kier alpha value is -3.11. The Morgan fingerprint density at radius 1 is 1.26 bits per heavy atom. The molecule has 0 spiro atoms. The van der Waals surface area contributed by atoms with E-state index in [4.69, 9.17) is 9.15 Å². The molecule has 164 valence electrons. The molecule has 10 heteroatoms. The maximum Gasteiger partial charge on any atom is 0.265 e. The zero-order valence-corrected chi connectivity index (χ0v) is 18.2. The van der Waals surface area contributed by atoms with Crippen molar-refractivity contribution >= 4 is 21.6 Å². The number of aromatic amines is 1. The van der Waals surface area contributed by atoms with E-state index in [1.807, 2.05) is 13.0 Å². The molecule has 0 unspecified atom stereocenters. The summed E-state index contributed by atoms with van der Waals surface area (Å²) in [6, 6.07) is 8.64. The highest BCUT2D eigenvalue weighted by Gasteiger charge is 2.27. The van der Waals surface area contributed by atoms with Crippen molar-refractivity contribution < 1.29 is 22.4 Å². The molecule has 2 aromatic heterocycles. The van der Waals surface area contributed by atoms with E-state index in [1.54, 1.807) is 30.0 Å². The van der Waals surface area contributed by atoms with Crippen molar-refractivity contribution in [1.82, 2.24) is 15.1 Å². The number of aryl methyl sites for hydroxylation is 2. The van der Waals surface area contributed by atoms with Crippen LogP contribution in [0.3, 0.4) is 0 Å². The number of rotatable bonds is 6. The minimum Gasteiger partial charge on any atom is -0.458 e. The zero-order valence-electron chi connectivity index (χ0n) is 17.3. The van der Waals surface area contributed by atoms with Crippen LogP contribution < -0.4 is 4.72 Å². The van der Waals surface area contributed by atoms with Crippen molar-refractivity contribution in [1.29, 1.82) is 0 Å². The Morgan fingerprint density at radius 2 is 2.03 bits per heavy atom. The minimum absolute atomic E-state index is 0.00349. The number of anilines is 1. The molecule has 1 aromatic carbocycles. The fourth-order valence-electron chi connectivity index (χ4n) is 3.49. The van der Waals surface area contributed by atoms with Gasteiger partial charge in [0.25, 0.3) is 15.9 Å². The normalized spacial score (nSPS) is 14.6. The fourth-order valence-corrected chi connectivity index (χ4v) is 4.72. The highest BCUT2D eigenvalue weighted by Crippen LogP contribution is 2.31. The van der Waals surface area contributed by atoms with Gasteiger partial charge in [-0.2, -0.15) is 5.10 Å². The van der Waals surface area contributed by atoms with Crippen LogP contribution in [0.5, 0.6) is 0 Å². The third-order valence-corrected chi connectivity index (χ3v) is 6.65. The van der Waals surface area contributed by atoms with Crippen LogP contribution in [0.1, 0.15) is 28.6 Å². The molecule has 9 nitrogen and oxygen atoms in total. The van der Waals surface area contributed by atoms with E-state index in [9.17, 15) is 13.2 Å². The first-order chi connectivity index (χ1) is 14.9. The van der Waals surface area contributed by atoms with E-state index in [0.717, 1.165) is 12.0 Å². The summed E-state index contributed by atoms with van der Waals surface area (Å²) < 4.78 is 39.6. The summed E-state index contributed by atoms with van der Waals surface area (Å²) in [6.07, 6.45) is 2.22. The van der Waals surface area contributed by atoms with Gasteiger partial charge in [-0.3, -0.25) is 14.6 Å². The number of aromatic nitrogens is 2. The quantitative estimate of drug-likeness (QED) is 0.604. The van der Waals surface area contributed by atoms with Gasteiger partial charge in [0.2, 0.25) is 0 Å². The molecular formula is C21H24N4O5S. The number of H-pyrrole nitrogens is 1. The molecule has 3 aromatic rings. The van der Waals surface area contributed by atoms with E-state index < -0.39 is 10.0 Å². The highest BCUT2D eigenvalue weighted by atomic mass is 32.2.